The number of carbonyl (C=O) groups excluding carboxylic acids is 2. The van der Waals surface area contributed by atoms with Gasteiger partial charge in [0.05, 0.1) is 6.20 Å². The van der Waals surface area contributed by atoms with Crippen LogP contribution >= 0.6 is 0 Å². The summed E-state index contributed by atoms with van der Waals surface area (Å²) >= 11 is 0. The van der Waals surface area contributed by atoms with Gasteiger partial charge in [-0.25, -0.2) is 4.79 Å². The third-order valence-corrected chi connectivity index (χ3v) is 3.39. The summed E-state index contributed by atoms with van der Waals surface area (Å²) in [6.45, 7) is 0. The normalized spacial score (nSPS) is 10.4. The summed E-state index contributed by atoms with van der Waals surface area (Å²) in [4.78, 5) is 23.5. The number of primary amides is 1. The first-order valence-corrected chi connectivity index (χ1v) is 7.18. The first-order valence-electron chi connectivity index (χ1n) is 7.18. The maximum absolute atomic E-state index is 12.6. The lowest BCUT2D eigenvalue weighted by molar-refractivity contribution is 0.102. The van der Waals surface area contributed by atoms with E-state index in [2.05, 4.69) is 15.7 Å². The van der Waals surface area contributed by atoms with Crippen LogP contribution in [0.3, 0.4) is 0 Å². The number of nitrogens with zero attached hydrogens (tertiary/aromatic N) is 3. The van der Waals surface area contributed by atoms with Crippen LogP contribution in [-0.2, 0) is 7.05 Å². The number of nitrogens with two attached hydrogens (primary N) is 1. The number of amides is 3. The molecule has 0 unspecified atom stereocenters. The Hall–Kier alpha value is -3.55. The number of urea groups is 1. The van der Waals surface area contributed by atoms with Gasteiger partial charge in [-0.1, -0.05) is 6.07 Å². The highest BCUT2D eigenvalue weighted by molar-refractivity contribution is 6.06. The molecule has 0 saturated carbocycles. The molecule has 122 valence electrons. The van der Waals surface area contributed by atoms with Crippen molar-refractivity contribution in [1.82, 2.24) is 14.3 Å². The van der Waals surface area contributed by atoms with Crippen molar-refractivity contribution in [3.63, 3.8) is 0 Å². The minimum Gasteiger partial charge on any atom is -0.351 e. The predicted molar refractivity (Wildman–Crippen MR) is 90.1 cm³/mol. The Labute approximate surface area is 137 Å². The van der Waals surface area contributed by atoms with Gasteiger partial charge in [0.25, 0.3) is 5.91 Å². The number of carbonyl (C=O) groups is 2. The zero-order valence-corrected chi connectivity index (χ0v) is 12.9. The standard InChI is InChI=1S/C16H16N6O2/c1-21-15(22-7-2-3-8-22)13(10-18-21)14(23)19-11-5-4-6-12(9-11)20-16(17)24/h2-10H,1H3,(H,19,23)(H3,17,20,24). The number of aryl methyl sites for hydroxylation is 1. The number of nitrogens with one attached hydrogen (secondary N) is 2. The van der Waals surface area contributed by atoms with E-state index in [0.29, 0.717) is 22.8 Å². The molecule has 0 aliphatic heterocycles. The zero-order valence-electron chi connectivity index (χ0n) is 12.9. The fourth-order valence-electron chi connectivity index (χ4n) is 2.39. The third kappa shape index (κ3) is 3.12. The van der Waals surface area contributed by atoms with Crippen molar-refractivity contribution in [2.24, 2.45) is 12.8 Å². The van der Waals surface area contributed by atoms with Crippen molar-refractivity contribution in [1.29, 1.82) is 0 Å². The molecular weight excluding hydrogens is 308 g/mol. The van der Waals surface area contributed by atoms with E-state index in [4.69, 9.17) is 5.73 Å². The molecule has 0 aliphatic carbocycles. The number of aromatic nitrogens is 3. The number of benzene rings is 1. The SMILES string of the molecule is Cn1ncc(C(=O)Nc2cccc(NC(N)=O)c2)c1-n1cccc1. The van der Waals surface area contributed by atoms with Gasteiger partial charge in [0.1, 0.15) is 11.4 Å². The molecule has 0 atom stereocenters. The minimum absolute atomic E-state index is 0.303. The second-order valence-corrected chi connectivity index (χ2v) is 5.12. The van der Waals surface area contributed by atoms with E-state index in [1.165, 1.54) is 6.20 Å². The van der Waals surface area contributed by atoms with E-state index in [1.807, 2.05) is 29.1 Å². The average molecular weight is 324 g/mol. The highest BCUT2D eigenvalue weighted by Gasteiger charge is 2.17. The quantitative estimate of drug-likeness (QED) is 0.682. The van der Waals surface area contributed by atoms with E-state index in [9.17, 15) is 9.59 Å². The van der Waals surface area contributed by atoms with E-state index in [1.54, 1.807) is 36.0 Å². The van der Waals surface area contributed by atoms with Crippen LogP contribution in [0.15, 0.2) is 55.0 Å². The van der Waals surface area contributed by atoms with E-state index < -0.39 is 6.03 Å². The Morgan fingerprint density at radius 2 is 1.75 bits per heavy atom. The van der Waals surface area contributed by atoms with Crippen molar-refractivity contribution >= 4 is 23.3 Å². The van der Waals surface area contributed by atoms with Crippen molar-refractivity contribution in [3.05, 3.63) is 60.6 Å². The van der Waals surface area contributed by atoms with Gasteiger partial charge in [0.15, 0.2) is 0 Å². The van der Waals surface area contributed by atoms with Crippen LogP contribution in [0.2, 0.25) is 0 Å². The van der Waals surface area contributed by atoms with Crippen LogP contribution in [0.5, 0.6) is 0 Å². The molecule has 2 aromatic heterocycles. The monoisotopic (exact) mass is 324 g/mol. The molecule has 0 radical (unpaired) electrons. The van der Waals surface area contributed by atoms with Crippen LogP contribution < -0.4 is 16.4 Å². The summed E-state index contributed by atoms with van der Waals surface area (Å²) in [6, 6.07) is 9.79. The molecule has 3 rings (SSSR count). The molecule has 3 amide bonds. The van der Waals surface area contributed by atoms with Crippen molar-refractivity contribution in [3.8, 4) is 5.82 Å². The molecule has 1 aromatic carbocycles. The van der Waals surface area contributed by atoms with Gasteiger partial charge in [0.2, 0.25) is 0 Å². The van der Waals surface area contributed by atoms with Crippen LogP contribution in [0, 0.1) is 0 Å². The molecular formula is C16H16N6O2. The number of rotatable bonds is 4. The highest BCUT2D eigenvalue weighted by Crippen LogP contribution is 2.19. The Kier molecular flexibility index (Phi) is 4.02. The molecule has 0 fully saturated rings. The van der Waals surface area contributed by atoms with Crippen LogP contribution in [0.25, 0.3) is 5.82 Å². The van der Waals surface area contributed by atoms with Crippen molar-refractivity contribution in [2.45, 2.75) is 0 Å². The molecule has 0 saturated heterocycles. The lowest BCUT2D eigenvalue weighted by Crippen LogP contribution is -2.19. The van der Waals surface area contributed by atoms with Gasteiger partial charge in [-0.3, -0.25) is 9.48 Å². The summed E-state index contributed by atoms with van der Waals surface area (Å²) in [6.07, 6.45) is 5.19. The lowest BCUT2D eigenvalue weighted by atomic mass is 10.2. The number of hydrogen-bond acceptors (Lipinski definition) is 3. The Bertz CT molecular complexity index is 882. The fraction of sp³-hybridized carbons (Fsp3) is 0.0625. The predicted octanol–water partition coefficient (Wildman–Crippen LogP) is 1.95. The summed E-state index contributed by atoms with van der Waals surface area (Å²) in [7, 11) is 1.77. The maximum atomic E-state index is 12.6. The lowest BCUT2D eigenvalue weighted by Gasteiger charge is -2.09. The van der Waals surface area contributed by atoms with E-state index in [-0.39, 0.29) is 5.91 Å². The largest absolute Gasteiger partial charge is 0.351 e. The van der Waals surface area contributed by atoms with Gasteiger partial charge >= 0.3 is 6.03 Å². The topological polar surface area (TPSA) is 107 Å². The van der Waals surface area contributed by atoms with Crippen LogP contribution in [-0.4, -0.2) is 26.3 Å². The molecule has 0 bridgehead atoms. The molecule has 3 aromatic rings. The molecule has 0 aliphatic rings. The summed E-state index contributed by atoms with van der Waals surface area (Å²) in [5, 5.41) is 9.41. The van der Waals surface area contributed by atoms with Crippen LogP contribution in [0.4, 0.5) is 16.2 Å². The van der Waals surface area contributed by atoms with Gasteiger partial charge < -0.3 is 20.9 Å². The van der Waals surface area contributed by atoms with Gasteiger partial charge in [0, 0.05) is 30.8 Å². The second kappa shape index (κ2) is 6.29. The molecule has 24 heavy (non-hydrogen) atoms. The summed E-state index contributed by atoms with van der Waals surface area (Å²) < 4.78 is 3.44. The van der Waals surface area contributed by atoms with Crippen molar-refractivity contribution in [2.75, 3.05) is 10.6 Å². The Balaban J connectivity index is 1.85. The second-order valence-electron chi connectivity index (χ2n) is 5.12. The number of hydrogen-bond donors (Lipinski definition) is 3. The van der Waals surface area contributed by atoms with Crippen molar-refractivity contribution < 1.29 is 9.59 Å². The Morgan fingerprint density at radius 1 is 1.08 bits per heavy atom. The first kappa shape index (κ1) is 15.3. The van der Waals surface area contributed by atoms with E-state index >= 15 is 0 Å². The van der Waals surface area contributed by atoms with Gasteiger partial charge in [-0.05, 0) is 30.3 Å². The third-order valence-electron chi connectivity index (χ3n) is 3.39. The van der Waals surface area contributed by atoms with Gasteiger partial charge in [-0.15, -0.1) is 0 Å². The number of anilines is 2. The van der Waals surface area contributed by atoms with Crippen LogP contribution in [0.1, 0.15) is 10.4 Å². The molecule has 8 nitrogen and oxygen atoms in total. The molecule has 2 heterocycles. The first-order chi connectivity index (χ1) is 11.5. The Morgan fingerprint density at radius 3 is 2.42 bits per heavy atom. The summed E-state index contributed by atoms with van der Waals surface area (Å²) in [5.74, 6) is 0.354. The minimum atomic E-state index is -0.666. The van der Waals surface area contributed by atoms with Gasteiger partial charge in [-0.2, -0.15) is 5.10 Å². The zero-order chi connectivity index (χ0) is 17.1. The fourth-order valence-corrected chi connectivity index (χ4v) is 2.39. The highest BCUT2D eigenvalue weighted by atomic mass is 16.2. The molecule has 0 spiro atoms. The summed E-state index contributed by atoms with van der Waals surface area (Å²) in [5.41, 5.74) is 6.56. The molecule has 8 heteroatoms. The van der Waals surface area contributed by atoms with E-state index in [0.717, 1.165) is 0 Å². The average Bonchev–Trinajstić information content (AvgIpc) is 3.15. The smallest absolute Gasteiger partial charge is 0.316 e. The maximum Gasteiger partial charge on any atom is 0.316 e. The molecule has 4 N–H and O–H groups in total.